The molecule has 0 N–H and O–H groups in total. The van der Waals surface area contributed by atoms with Gasteiger partial charge < -0.3 is 18.0 Å². The monoisotopic (exact) mass is 588 g/mol. The van der Waals surface area contributed by atoms with E-state index in [1.807, 2.05) is 24.3 Å². The van der Waals surface area contributed by atoms with Gasteiger partial charge in [0.2, 0.25) is 0 Å². The number of hydrogen-bond acceptors (Lipinski definition) is 2. The Morgan fingerprint density at radius 1 is 0.283 bits per heavy atom. The molecule has 0 radical (unpaired) electrons. The Hall–Kier alpha value is -6.26. The molecular weight excluding hydrogens is 564 g/mol. The van der Waals surface area contributed by atoms with Crippen LogP contribution < -0.4 is 0 Å². The molecule has 46 heavy (non-hydrogen) atoms. The molecule has 0 amide bonds. The van der Waals surface area contributed by atoms with E-state index >= 15 is 0 Å². The zero-order valence-electron chi connectivity index (χ0n) is 24.6. The summed E-state index contributed by atoms with van der Waals surface area (Å²) in [5.74, 6) is 0. The second kappa shape index (κ2) is 8.68. The van der Waals surface area contributed by atoms with Crippen molar-refractivity contribution in [3.8, 4) is 11.4 Å². The maximum atomic E-state index is 6.34. The average Bonchev–Trinajstić information content (AvgIpc) is 3.84. The predicted octanol–water partition coefficient (Wildman–Crippen LogP) is 11.7. The number of nitrogens with zero attached hydrogens (tertiary/aromatic N) is 2. The normalized spacial score (nSPS) is 12.3. The molecule has 0 unspecified atom stereocenters. The van der Waals surface area contributed by atoms with E-state index in [4.69, 9.17) is 8.83 Å². The van der Waals surface area contributed by atoms with Gasteiger partial charge in [-0.1, -0.05) is 84.9 Å². The molecule has 11 aromatic rings. The summed E-state index contributed by atoms with van der Waals surface area (Å²) in [4.78, 5) is 0. The minimum Gasteiger partial charge on any atom is -0.456 e. The molecular formula is C42H24N2O2. The number of furan rings is 2. The molecule has 0 aliphatic carbocycles. The van der Waals surface area contributed by atoms with Crippen molar-refractivity contribution in [1.82, 2.24) is 9.13 Å². The Labute approximate surface area is 261 Å². The van der Waals surface area contributed by atoms with Crippen molar-refractivity contribution in [2.75, 3.05) is 0 Å². The fourth-order valence-corrected chi connectivity index (χ4v) is 7.74. The van der Waals surface area contributed by atoms with Gasteiger partial charge in [0, 0.05) is 43.1 Å². The fraction of sp³-hybridized carbons (Fsp3) is 0. The molecule has 7 aromatic carbocycles. The van der Waals surface area contributed by atoms with Gasteiger partial charge in [0.25, 0.3) is 0 Å². The van der Waals surface area contributed by atoms with E-state index in [0.717, 1.165) is 77.3 Å². The van der Waals surface area contributed by atoms with Crippen LogP contribution in [0, 0.1) is 0 Å². The lowest BCUT2D eigenvalue weighted by atomic mass is 10.1. The molecule has 0 aliphatic heterocycles. The highest BCUT2D eigenvalue weighted by Gasteiger charge is 2.21. The van der Waals surface area contributed by atoms with Gasteiger partial charge in [-0.05, 0) is 60.7 Å². The number of hydrogen-bond donors (Lipinski definition) is 0. The second-order valence-corrected chi connectivity index (χ2v) is 12.1. The molecule has 4 nitrogen and oxygen atoms in total. The topological polar surface area (TPSA) is 36.1 Å². The van der Waals surface area contributed by atoms with Gasteiger partial charge in [-0.25, -0.2) is 0 Å². The largest absolute Gasteiger partial charge is 0.456 e. The van der Waals surface area contributed by atoms with Crippen LogP contribution in [0.3, 0.4) is 0 Å². The Kier molecular flexibility index (Phi) is 4.55. The Balaban J connectivity index is 1.29. The van der Waals surface area contributed by atoms with Crippen LogP contribution in [0.1, 0.15) is 0 Å². The first-order valence-corrected chi connectivity index (χ1v) is 15.6. The summed E-state index contributed by atoms with van der Waals surface area (Å²) < 4.78 is 17.5. The van der Waals surface area contributed by atoms with Gasteiger partial charge in [0.1, 0.15) is 22.3 Å². The van der Waals surface area contributed by atoms with Gasteiger partial charge in [0.15, 0.2) is 0 Å². The standard InChI is InChI=1S/C42H24N2O2/c1-5-15-33-25(11-1)29-23-41-31(27-13-3-9-19-39(27)45-41)21-37(29)43(33)35-17-7-8-18-36(35)44-34-16-6-2-12-26(34)30-24-42-32(22-38(30)44)28-14-4-10-20-40(28)46-42/h1-24H. The van der Waals surface area contributed by atoms with Crippen LogP contribution in [-0.2, 0) is 0 Å². The summed E-state index contributed by atoms with van der Waals surface area (Å²) in [6.45, 7) is 0. The van der Waals surface area contributed by atoms with Crippen LogP contribution in [0.5, 0.6) is 0 Å². The molecule has 0 saturated carbocycles. The lowest BCUT2D eigenvalue weighted by Gasteiger charge is -2.16. The van der Waals surface area contributed by atoms with E-state index in [-0.39, 0.29) is 0 Å². The summed E-state index contributed by atoms with van der Waals surface area (Å²) >= 11 is 0. The Morgan fingerprint density at radius 2 is 0.674 bits per heavy atom. The number of aromatic nitrogens is 2. The van der Waals surface area contributed by atoms with Crippen LogP contribution in [0.25, 0.3) is 98.9 Å². The molecule has 0 bridgehead atoms. The minimum absolute atomic E-state index is 0.906. The summed E-state index contributed by atoms with van der Waals surface area (Å²) in [6.07, 6.45) is 0. The van der Waals surface area contributed by atoms with Crippen LogP contribution in [-0.4, -0.2) is 9.13 Å². The van der Waals surface area contributed by atoms with Gasteiger partial charge in [-0.15, -0.1) is 0 Å². The molecule has 0 atom stereocenters. The van der Waals surface area contributed by atoms with Crippen molar-refractivity contribution in [2.24, 2.45) is 0 Å². The molecule has 4 heteroatoms. The lowest BCUT2D eigenvalue weighted by Crippen LogP contribution is -2.03. The van der Waals surface area contributed by atoms with E-state index in [2.05, 4.69) is 130 Å². The second-order valence-electron chi connectivity index (χ2n) is 12.1. The quantitative estimate of drug-likeness (QED) is 0.201. The van der Waals surface area contributed by atoms with Crippen molar-refractivity contribution < 1.29 is 8.83 Å². The number of para-hydroxylation sites is 6. The Bertz CT molecular complexity index is 2830. The smallest absolute Gasteiger partial charge is 0.136 e. The summed E-state index contributed by atoms with van der Waals surface area (Å²) in [6, 6.07) is 51.8. The summed E-state index contributed by atoms with van der Waals surface area (Å²) in [7, 11) is 0. The van der Waals surface area contributed by atoms with Gasteiger partial charge in [0.05, 0.1) is 33.4 Å². The summed E-state index contributed by atoms with van der Waals surface area (Å²) in [5.41, 5.74) is 10.5. The zero-order chi connectivity index (χ0) is 29.9. The zero-order valence-corrected chi connectivity index (χ0v) is 24.6. The van der Waals surface area contributed by atoms with Crippen molar-refractivity contribution in [2.45, 2.75) is 0 Å². The first kappa shape index (κ1) is 24.1. The SMILES string of the molecule is c1ccc(-n2c3ccccc3c3cc4oc5ccccc5c4cc32)c(-n2c3ccccc3c3cc4oc5ccccc5c4cc32)c1. The highest BCUT2D eigenvalue weighted by Crippen LogP contribution is 2.42. The molecule has 0 spiro atoms. The average molecular weight is 589 g/mol. The molecule has 4 aromatic heterocycles. The van der Waals surface area contributed by atoms with Gasteiger partial charge in [-0.2, -0.15) is 0 Å². The molecule has 0 saturated heterocycles. The van der Waals surface area contributed by atoms with Crippen LogP contribution in [0.2, 0.25) is 0 Å². The Morgan fingerprint density at radius 3 is 1.15 bits per heavy atom. The third-order valence-corrected chi connectivity index (χ3v) is 9.71. The molecule has 4 heterocycles. The molecule has 11 rings (SSSR count). The maximum absolute atomic E-state index is 6.34. The van der Waals surface area contributed by atoms with Gasteiger partial charge >= 0.3 is 0 Å². The fourth-order valence-electron chi connectivity index (χ4n) is 7.74. The highest BCUT2D eigenvalue weighted by molar-refractivity contribution is 6.19. The predicted molar refractivity (Wildman–Crippen MR) is 190 cm³/mol. The summed E-state index contributed by atoms with van der Waals surface area (Å²) in [5, 5.41) is 9.24. The van der Waals surface area contributed by atoms with E-state index in [1.165, 1.54) is 21.5 Å². The van der Waals surface area contributed by atoms with Crippen molar-refractivity contribution >= 4 is 87.5 Å². The molecule has 214 valence electrons. The number of rotatable bonds is 2. The van der Waals surface area contributed by atoms with E-state index < -0.39 is 0 Å². The maximum Gasteiger partial charge on any atom is 0.136 e. The van der Waals surface area contributed by atoms with Crippen molar-refractivity contribution in [3.63, 3.8) is 0 Å². The third kappa shape index (κ3) is 3.07. The van der Waals surface area contributed by atoms with E-state index in [9.17, 15) is 0 Å². The number of fused-ring (bicyclic) bond motifs is 12. The van der Waals surface area contributed by atoms with E-state index in [1.54, 1.807) is 0 Å². The molecule has 0 aliphatic rings. The third-order valence-electron chi connectivity index (χ3n) is 9.71. The van der Waals surface area contributed by atoms with Crippen molar-refractivity contribution in [1.29, 1.82) is 0 Å². The first-order chi connectivity index (χ1) is 22.8. The van der Waals surface area contributed by atoms with E-state index in [0.29, 0.717) is 0 Å². The van der Waals surface area contributed by atoms with Crippen LogP contribution in [0.15, 0.2) is 154 Å². The highest BCUT2D eigenvalue weighted by atomic mass is 16.3. The van der Waals surface area contributed by atoms with Crippen molar-refractivity contribution in [3.05, 3.63) is 146 Å². The van der Waals surface area contributed by atoms with Gasteiger partial charge in [-0.3, -0.25) is 0 Å². The first-order valence-electron chi connectivity index (χ1n) is 15.6. The number of benzene rings is 7. The lowest BCUT2D eigenvalue weighted by molar-refractivity contribution is 0.669. The van der Waals surface area contributed by atoms with Crippen LogP contribution in [0.4, 0.5) is 0 Å². The van der Waals surface area contributed by atoms with Crippen LogP contribution >= 0.6 is 0 Å². The molecule has 0 fully saturated rings. The minimum atomic E-state index is 0.906.